The molecule has 2 aliphatic rings. The van der Waals surface area contributed by atoms with Gasteiger partial charge in [0.1, 0.15) is 10.9 Å². The van der Waals surface area contributed by atoms with Crippen LogP contribution in [0.25, 0.3) is 0 Å². The lowest BCUT2D eigenvalue weighted by Gasteiger charge is -2.34. The second kappa shape index (κ2) is 11.6. The third kappa shape index (κ3) is 6.65. The van der Waals surface area contributed by atoms with Crippen LogP contribution >= 0.6 is 11.3 Å². The predicted octanol–water partition coefficient (Wildman–Crippen LogP) is 4.34. The summed E-state index contributed by atoms with van der Waals surface area (Å²) in [5.41, 5.74) is 0.225. The lowest BCUT2D eigenvalue weighted by atomic mass is 9.82. The summed E-state index contributed by atoms with van der Waals surface area (Å²) in [6, 6.07) is 1.13. The van der Waals surface area contributed by atoms with Gasteiger partial charge in [-0.15, -0.1) is 11.3 Å². The number of carbonyl (C=O) groups is 3. The molecule has 2 fully saturated rings. The quantitative estimate of drug-likeness (QED) is 0.410. The minimum Gasteiger partial charge on any atom is -0.465 e. The first-order valence-corrected chi connectivity index (χ1v) is 13.2. The second-order valence-electron chi connectivity index (χ2n) is 10.6. The Balaban J connectivity index is 2.05. The highest BCUT2D eigenvalue weighted by molar-refractivity contribution is 7.15. The number of esters is 1. The van der Waals surface area contributed by atoms with Crippen molar-refractivity contribution in [2.75, 3.05) is 38.8 Å². The Hall–Kier alpha value is -2.37. The van der Waals surface area contributed by atoms with Crippen LogP contribution in [0.3, 0.4) is 0 Å². The van der Waals surface area contributed by atoms with Crippen LogP contribution < -0.4 is 4.90 Å². The summed E-state index contributed by atoms with van der Waals surface area (Å²) in [6.45, 7) is 9.72. The Kier molecular flexibility index (Phi) is 9.00. The zero-order valence-corrected chi connectivity index (χ0v) is 22.6. The van der Waals surface area contributed by atoms with Crippen molar-refractivity contribution >= 4 is 34.8 Å². The molecule has 1 aromatic heterocycles. The van der Waals surface area contributed by atoms with Gasteiger partial charge in [-0.2, -0.15) is 0 Å². The molecule has 35 heavy (non-hydrogen) atoms. The molecule has 0 aromatic carbocycles. The molecule has 0 bridgehead atoms. The van der Waals surface area contributed by atoms with Crippen LogP contribution in [0, 0.1) is 29.1 Å². The number of amides is 2. The number of hydrogen-bond acceptors (Lipinski definition) is 6. The average molecular weight is 503 g/mol. The summed E-state index contributed by atoms with van der Waals surface area (Å²) in [4.78, 5) is 44.5. The predicted molar refractivity (Wildman–Crippen MR) is 137 cm³/mol. The number of rotatable bonds is 7. The van der Waals surface area contributed by atoms with Gasteiger partial charge in [-0.1, -0.05) is 18.8 Å². The summed E-state index contributed by atoms with van der Waals surface area (Å²) in [7, 11) is 2.93. The maximum absolute atomic E-state index is 14.0. The van der Waals surface area contributed by atoms with E-state index in [0.29, 0.717) is 47.5 Å². The number of thiophene rings is 1. The van der Waals surface area contributed by atoms with Crippen LogP contribution in [-0.2, 0) is 19.1 Å². The molecule has 0 radical (unpaired) electrons. The van der Waals surface area contributed by atoms with Gasteiger partial charge in [-0.25, -0.2) is 4.79 Å². The molecule has 7 nitrogen and oxygen atoms in total. The third-order valence-corrected chi connectivity index (χ3v) is 7.67. The Morgan fingerprint density at radius 2 is 1.86 bits per heavy atom. The van der Waals surface area contributed by atoms with E-state index in [1.165, 1.54) is 18.4 Å². The van der Waals surface area contributed by atoms with E-state index in [2.05, 4.69) is 18.8 Å². The smallest absolute Gasteiger partial charge is 0.350 e. The van der Waals surface area contributed by atoms with E-state index in [4.69, 9.17) is 9.47 Å². The molecular formula is C27H38N2O5S. The standard InChI is InChI=1S/C27H38N2O5S/c1-18-7-9-19(10-8-18)24(30)29(21-12-14-28(25(21)31)15-16-33-5)22-17-20(11-13-27(2,3)4)35-23(22)26(32)34-6/h17-19,21H,7-10,12,14-16H2,1-6H3/t18?,19?,21-/m0/s1. The van der Waals surface area contributed by atoms with Crippen LogP contribution in [0.5, 0.6) is 0 Å². The third-order valence-electron chi connectivity index (χ3n) is 6.65. The van der Waals surface area contributed by atoms with Crippen molar-refractivity contribution < 1.29 is 23.9 Å². The van der Waals surface area contributed by atoms with Gasteiger partial charge in [-0.05, 0) is 64.9 Å². The van der Waals surface area contributed by atoms with Gasteiger partial charge in [0.05, 0.1) is 24.3 Å². The Bertz CT molecular complexity index is 991. The van der Waals surface area contributed by atoms with E-state index in [1.807, 2.05) is 20.8 Å². The highest BCUT2D eigenvalue weighted by Crippen LogP contribution is 2.38. The van der Waals surface area contributed by atoms with Crippen LogP contribution in [0.4, 0.5) is 5.69 Å². The van der Waals surface area contributed by atoms with Crippen molar-refractivity contribution in [2.45, 2.75) is 65.8 Å². The molecule has 2 heterocycles. The van der Waals surface area contributed by atoms with Crippen LogP contribution in [0.15, 0.2) is 6.07 Å². The van der Waals surface area contributed by atoms with Gasteiger partial charge >= 0.3 is 5.97 Å². The lowest BCUT2D eigenvalue weighted by Crippen LogP contribution is -2.49. The van der Waals surface area contributed by atoms with E-state index >= 15 is 0 Å². The highest BCUT2D eigenvalue weighted by Gasteiger charge is 2.43. The minimum atomic E-state index is -0.653. The topological polar surface area (TPSA) is 76.2 Å². The summed E-state index contributed by atoms with van der Waals surface area (Å²) < 4.78 is 10.2. The SMILES string of the molecule is COCCN1CC[C@H](N(C(=O)C2CCC(C)CC2)c2cc(C#CC(C)(C)C)sc2C(=O)OC)C1=O. The number of hydrogen-bond donors (Lipinski definition) is 0. The van der Waals surface area contributed by atoms with E-state index in [-0.39, 0.29) is 23.1 Å². The van der Waals surface area contributed by atoms with Gasteiger partial charge in [0.2, 0.25) is 11.8 Å². The number of nitrogens with zero attached hydrogens (tertiary/aromatic N) is 2. The normalized spacial score (nSPS) is 22.5. The molecule has 1 atom stereocenters. The molecular weight excluding hydrogens is 464 g/mol. The molecule has 1 saturated heterocycles. The van der Waals surface area contributed by atoms with Gasteiger partial charge in [-0.3, -0.25) is 14.5 Å². The van der Waals surface area contributed by atoms with Crippen LogP contribution in [0.1, 0.15) is 74.3 Å². The molecule has 8 heteroatoms. The van der Waals surface area contributed by atoms with Crippen molar-refractivity contribution in [3.05, 3.63) is 15.8 Å². The number of likely N-dealkylation sites (tertiary alicyclic amines) is 1. The fourth-order valence-electron chi connectivity index (χ4n) is 4.64. The monoisotopic (exact) mass is 502 g/mol. The molecule has 1 aliphatic heterocycles. The van der Waals surface area contributed by atoms with Crippen LogP contribution in [-0.4, -0.2) is 62.6 Å². The van der Waals surface area contributed by atoms with E-state index < -0.39 is 12.0 Å². The van der Waals surface area contributed by atoms with Gasteiger partial charge in [0, 0.05) is 31.5 Å². The zero-order chi connectivity index (χ0) is 25.8. The lowest BCUT2D eigenvalue weighted by molar-refractivity contribution is -0.132. The molecule has 2 amide bonds. The van der Waals surface area contributed by atoms with Crippen molar-refractivity contribution in [1.29, 1.82) is 0 Å². The van der Waals surface area contributed by atoms with Crippen molar-refractivity contribution in [1.82, 2.24) is 4.90 Å². The Morgan fingerprint density at radius 1 is 1.17 bits per heavy atom. The second-order valence-corrected chi connectivity index (χ2v) is 11.7. The maximum atomic E-state index is 14.0. The van der Waals surface area contributed by atoms with Gasteiger partial charge in [0.15, 0.2) is 0 Å². The summed E-state index contributed by atoms with van der Waals surface area (Å²) >= 11 is 1.21. The first-order valence-electron chi connectivity index (χ1n) is 12.4. The fraction of sp³-hybridized carbons (Fsp3) is 0.667. The molecule has 3 rings (SSSR count). The molecule has 1 aromatic rings. The molecule has 1 saturated carbocycles. The zero-order valence-electron chi connectivity index (χ0n) is 21.8. The minimum absolute atomic E-state index is 0.0814. The van der Waals surface area contributed by atoms with E-state index in [0.717, 1.165) is 25.7 Å². The molecule has 1 aliphatic carbocycles. The van der Waals surface area contributed by atoms with Crippen LogP contribution in [0.2, 0.25) is 0 Å². The molecule has 0 spiro atoms. The van der Waals surface area contributed by atoms with Crippen molar-refractivity contribution in [2.24, 2.45) is 17.3 Å². The molecule has 0 N–H and O–H groups in total. The first-order chi connectivity index (χ1) is 16.6. The number of methoxy groups -OCH3 is 2. The van der Waals surface area contributed by atoms with Gasteiger partial charge < -0.3 is 14.4 Å². The number of ether oxygens (including phenoxy) is 2. The molecule has 192 valence electrons. The molecule has 0 unspecified atom stereocenters. The van der Waals surface area contributed by atoms with Crippen molar-refractivity contribution in [3.8, 4) is 11.8 Å². The largest absolute Gasteiger partial charge is 0.465 e. The number of anilines is 1. The Labute approximate surface area is 213 Å². The summed E-state index contributed by atoms with van der Waals surface area (Å²) in [5, 5.41) is 0. The number of carbonyl (C=O) groups excluding carboxylic acids is 3. The van der Waals surface area contributed by atoms with Gasteiger partial charge in [0.25, 0.3) is 0 Å². The Morgan fingerprint density at radius 3 is 2.46 bits per heavy atom. The van der Waals surface area contributed by atoms with Crippen molar-refractivity contribution in [3.63, 3.8) is 0 Å². The first kappa shape index (κ1) is 27.2. The van der Waals surface area contributed by atoms with E-state index in [1.54, 1.807) is 23.0 Å². The highest BCUT2D eigenvalue weighted by atomic mass is 32.1. The van der Waals surface area contributed by atoms with E-state index in [9.17, 15) is 14.4 Å². The fourth-order valence-corrected chi connectivity index (χ4v) is 5.56. The maximum Gasteiger partial charge on any atom is 0.350 e. The average Bonchev–Trinajstić information content (AvgIpc) is 3.40. The summed E-state index contributed by atoms with van der Waals surface area (Å²) in [6.07, 6.45) is 4.06. The summed E-state index contributed by atoms with van der Waals surface area (Å²) in [5.74, 6) is 6.07.